The van der Waals surface area contributed by atoms with E-state index in [9.17, 15) is 4.79 Å². The molecule has 0 radical (unpaired) electrons. The minimum atomic E-state index is 0.0453. The second kappa shape index (κ2) is 5.37. The van der Waals surface area contributed by atoms with Crippen LogP contribution >= 0.6 is 11.3 Å². The summed E-state index contributed by atoms with van der Waals surface area (Å²) in [6, 6.07) is 0. The normalized spacial score (nSPS) is 26.4. The smallest absolute Gasteiger partial charge is 0.257 e. The van der Waals surface area contributed by atoms with Gasteiger partial charge in [0.25, 0.3) is 5.91 Å². The molecule has 3 heterocycles. The van der Waals surface area contributed by atoms with Crippen molar-refractivity contribution in [3.8, 4) is 0 Å². The largest absolute Gasteiger partial charge is 0.390 e. The zero-order valence-electron chi connectivity index (χ0n) is 12.1. The van der Waals surface area contributed by atoms with Gasteiger partial charge < -0.3 is 15.4 Å². The summed E-state index contributed by atoms with van der Waals surface area (Å²) in [6.45, 7) is 5.83. The van der Waals surface area contributed by atoms with Gasteiger partial charge in [-0.25, -0.2) is 0 Å². The summed E-state index contributed by atoms with van der Waals surface area (Å²) in [5.41, 5.74) is 8.04. The van der Waals surface area contributed by atoms with Crippen molar-refractivity contribution in [1.82, 2.24) is 4.90 Å². The Morgan fingerprint density at radius 2 is 2.00 bits per heavy atom. The number of thiophene rings is 1. The second-order valence-corrected chi connectivity index (χ2v) is 6.91. The van der Waals surface area contributed by atoms with E-state index in [1.807, 2.05) is 11.8 Å². The third kappa shape index (κ3) is 2.33. The van der Waals surface area contributed by atoms with Gasteiger partial charge in [0.15, 0.2) is 0 Å². The zero-order valence-corrected chi connectivity index (χ0v) is 13.0. The fourth-order valence-electron chi connectivity index (χ4n) is 3.27. The molecule has 0 saturated carbocycles. The summed E-state index contributed by atoms with van der Waals surface area (Å²) < 4.78 is 5.84. The highest BCUT2D eigenvalue weighted by Crippen LogP contribution is 2.41. The number of nitrogens with zero attached hydrogens (tertiary/aromatic N) is 1. The van der Waals surface area contributed by atoms with Gasteiger partial charge in [0.2, 0.25) is 0 Å². The lowest BCUT2D eigenvalue weighted by Crippen LogP contribution is -2.36. The van der Waals surface area contributed by atoms with Crippen LogP contribution in [-0.2, 0) is 11.2 Å². The highest BCUT2D eigenvalue weighted by molar-refractivity contribution is 7.16. The maximum absolute atomic E-state index is 12.8. The van der Waals surface area contributed by atoms with E-state index >= 15 is 0 Å². The van der Waals surface area contributed by atoms with E-state index in [4.69, 9.17) is 10.5 Å². The number of carbonyl (C=O) groups excluding carboxylic acids is 1. The highest BCUT2D eigenvalue weighted by atomic mass is 32.1. The van der Waals surface area contributed by atoms with Crippen molar-refractivity contribution in [3.63, 3.8) is 0 Å². The molecule has 1 fully saturated rings. The molecule has 2 atom stereocenters. The monoisotopic (exact) mass is 294 g/mol. The van der Waals surface area contributed by atoms with Crippen LogP contribution in [0.3, 0.4) is 0 Å². The van der Waals surface area contributed by atoms with Crippen LogP contribution in [0.1, 0.15) is 60.0 Å². The van der Waals surface area contributed by atoms with Gasteiger partial charge in [-0.05, 0) is 38.7 Å². The summed E-state index contributed by atoms with van der Waals surface area (Å²) in [6.07, 6.45) is 4.43. The summed E-state index contributed by atoms with van der Waals surface area (Å²) in [4.78, 5) is 15.9. The van der Waals surface area contributed by atoms with Crippen LogP contribution in [-0.4, -0.2) is 30.0 Å². The van der Waals surface area contributed by atoms with Gasteiger partial charge in [0.1, 0.15) is 0 Å². The fraction of sp³-hybridized carbons (Fsp3) is 0.667. The molecule has 1 aromatic heterocycles. The van der Waals surface area contributed by atoms with Crippen LogP contribution < -0.4 is 5.73 Å². The third-order valence-electron chi connectivity index (χ3n) is 4.22. The number of anilines is 1. The van der Waals surface area contributed by atoms with Gasteiger partial charge in [-0.2, -0.15) is 0 Å². The first-order valence-corrected chi connectivity index (χ1v) is 8.25. The van der Waals surface area contributed by atoms with E-state index in [1.54, 1.807) is 0 Å². The Kier molecular flexibility index (Phi) is 3.73. The van der Waals surface area contributed by atoms with Crippen molar-refractivity contribution in [1.29, 1.82) is 0 Å². The highest BCUT2D eigenvalue weighted by Gasteiger charge is 2.32. The van der Waals surface area contributed by atoms with Crippen molar-refractivity contribution in [3.05, 3.63) is 16.0 Å². The van der Waals surface area contributed by atoms with E-state index in [-0.39, 0.29) is 18.1 Å². The number of rotatable bonds is 1. The van der Waals surface area contributed by atoms with E-state index in [0.717, 1.165) is 48.4 Å². The number of hydrogen-bond acceptors (Lipinski definition) is 4. The second-order valence-electron chi connectivity index (χ2n) is 5.83. The molecule has 110 valence electrons. The maximum Gasteiger partial charge on any atom is 0.257 e. The number of nitrogen functional groups attached to an aromatic ring is 1. The van der Waals surface area contributed by atoms with Crippen LogP contribution in [0, 0.1) is 0 Å². The molecule has 5 heteroatoms. The standard InChI is InChI=1S/C15H22N2O2S/c1-9-8-11-12(14(16)20-13(11)10(2)19-9)15(18)17-6-4-3-5-7-17/h9-10H,3-8,16H2,1-2H3. The Hall–Kier alpha value is -1.07. The van der Waals surface area contributed by atoms with E-state index in [0.29, 0.717) is 5.00 Å². The number of hydrogen-bond donors (Lipinski definition) is 1. The molecule has 0 aromatic carbocycles. The fourth-order valence-corrected chi connectivity index (χ4v) is 4.35. The first-order chi connectivity index (χ1) is 9.58. The molecule has 1 aromatic rings. The maximum atomic E-state index is 12.8. The molecule has 2 aliphatic rings. The van der Waals surface area contributed by atoms with Crippen molar-refractivity contribution in [2.45, 2.75) is 51.7 Å². The van der Waals surface area contributed by atoms with E-state index in [1.165, 1.54) is 17.8 Å². The van der Waals surface area contributed by atoms with Crippen LogP contribution in [0.5, 0.6) is 0 Å². The zero-order chi connectivity index (χ0) is 14.3. The summed E-state index contributed by atoms with van der Waals surface area (Å²) in [7, 11) is 0. The topological polar surface area (TPSA) is 55.6 Å². The van der Waals surface area contributed by atoms with Gasteiger partial charge in [0.05, 0.1) is 22.8 Å². The predicted molar refractivity (Wildman–Crippen MR) is 81.2 cm³/mol. The van der Waals surface area contributed by atoms with E-state index in [2.05, 4.69) is 6.92 Å². The molecule has 2 unspecified atom stereocenters. The Morgan fingerprint density at radius 3 is 2.70 bits per heavy atom. The number of amides is 1. The third-order valence-corrected chi connectivity index (χ3v) is 5.44. The minimum Gasteiger partial charge on any atom is -0.390 e. The number of ether oxygens (including phenoxy) is 1. The summed E-state index contributed by atoms with van der Waals surface area (Å²) >= 11 is 1.52. The molecule has 2 aliphatic heterocycles. The number of piperidine rings is 1. The molecular formula is C15H22N2O2S. The number of nitrogens with two attached hydrogens (primary N) is 1. The van der Waals surface area contributed by atoms with E-state index < -0.39 is 0 Å². The molecular weight excluding hydrogens is 272 g/mol. The molecule has 0 bridgehead atoms. The average molecular weight is 294 g/mol. The summed E-state index contributed by atoms with van der Waals surface area (Å²) in [5.74, 6) is 0.126. The van der Waals surface area contributed by atoms with Crippen LogP contribution in [0.15, 0.2) is 0 Å². The molecule has 1 saturated heterocycles. The Morgan fingerprint density at radius 1 is 1.30 bits per heavy atom. The number of likely N-dealkylation sites (tertiary alicyclic amines) is 1. The van der Waals surface area contributed by atoms with Crippen LogP contribution in [0.25, 0.3) is 0 Å². The molecule has 3 rings (SSSR count). The van der Waals surface area contributed by atoms with Crippen molar-refractivity contribution >= 4 is 22.2 Å². The Labute approximate surface area is 123 Å². The lowest BCUT2D eigenvalue weighted by atomic mass is 9.97. The molecule has 20 heavy (non-hydrogen) atoms. The van der Waals surface area contributed by atoms with Crippen molar-refractivity contribution < 1.29 is 9.53 Å². The first-order valence-electron chi connectivity index (χ1n) is 7.43. The van der Waals surface area contributed by atoms with Gasteiger partial charge in [0, 0.05) is 24.4 Å². The predicted octanol–water partition coefficient (Wildman–Crippen LogP) is 2.98. The first kappa shape index (κ1) is 13.9. The average Bonchev–Trinajstić information content (AvgIpc) is 2.76. The quantitative estimate of drug-likeness (QED) is 0.866. The Bertz CT molecular complexity index is 520. The Balaban J connectivity index is 1.95. The number of fused-ring (bicyclic) bond motifs is 1. The lowest BCUT2D eigenvalue weighted by Gasteiger charge is -2.29. The van der Waals surface area contributed by atoms with Gasteiger partial charge in [-0.1, -0.05) is 0 Å². The minimum absolute atomic E-state index is 0.0453. The lowest BCUT2D eigenvalue weighted by molar-refractivity contribution is -0.00237. The molecule has 0 aliphatic carbocycles. The molecule has 1 amide bonds. The molecule has 2 N–H and O–H groups in total. The summed E-state index contributed by atoms with van der Waals surface area (Å²) in [5, 5.41) is 0.662. The van der Waals surface area contributed by atoms with Crippen LogP contribution in [0.2, 0.25) is 0 Å². The van der Waals surface area contributed by atoms with Gasteiger partial charge in [-0.15, -0.1) is 11.3 Å². The van der Waals surface area contributed by atoms with Crippen molar-refractivity contribution in [2.75, 3.05) is 18.8 Å². The molecule has 0 spiro atoms. The molecule has 4 nitrogen and oxygen atoms in total. The van der Waals surface area contributed by atoms with Gasteiger partial charge >= 0.3 is 0 Å². The SMILES string of the molecule is CC1Cc2c(sc(N)c2C(=O)N2CCCCC2)C(C)O1. The number of carbonyl (C=O) groups is 1. The van der Waals surface area contributed by atoms with Crippen LogP contribution in [0.4, 0.5) is 5.00 Å². The van der Waals surface area contributed by atoms with Crippen molar-refractivity contribution in [2.24, 2.45) is 0 Å². The van der Waals surface area contributed by atoms with Gasteiger partial charge in [-0.3, -0.25) is 4.79 Å².